The van der Waals surface area contributed by atoms with E-state index in [1.165, 1.54) is 0 Å². The molecule has 0 fully saturated rings. The van der Waals surface area contributed by atoms with Crippen LogP contribution in [-0.4, -0.2) is 31.6 Å². The number of ether oxygens (including phenoxy) is 1. The fourth-order valence-corrected chi connectivity index (χ4v) is 2.07. The number of esters is 1. The Morgan fingerprint density at radius 2 is 2.05 bits per heavy atom. The molecule has 110 valence electrons. The molecule has 0 aromatic heterocycles. The lowest BCUT2D eigenvalue weighted by Crippen LogP contribution is -2.29. The fraction of sp³-hybridized carbons (Fsp3) is 0.429. The second-order valence-electron chi connectivity index (χ2n) is 4.11. The van der Waals surface area contributed by atoms with E-state index in [9.17, 15) is 9.59 Å². The molecule has 0 spiro atoms. The molecule has 2 N–H and O–H groups in total. The van der Waals surface area contributed by atoms with Crippen LogP contribution in [0.1, 0.15) is 19.8 Å². The van der Waals surface area contributed by atoms with Crippen LogP contribution in [0.15, 0.2) is 24.3 Å². The molecule has 0 aliphatic carbocycles. The highest BCUT2D eigenvalue weighted by Gasteiger charge is 2.05. The van der Waals surface area contributed by atoms with Gasteiger partial charge in [0, 0.05) is 9.99 Å². The van der Waals surface area contributed by atoms with E-state index in [0.29, 0.717) is 26.0 Å². The molecule has 0 bridgehead atoms. The van der Waals surface area contributed by atoms with Gasteiger partial charge in [0.15, 0.2) is 0 Å². The first-order chi connectivity index (χ1) is 9.63. The second-order valence-corrected chi connectivity index (χ2v) is 5.28. The molecule has 0 unspecified atom stereocenters. The summed E-state index contributed by atoms with van der Waals surface area (Å²) in [6, 6.07) is 7.60. The van der Waals surface area contributed by atoms with Crippen LogP contribution in [0.25, 0.3) is 0 Å². The summed E-state index contributed by atoms with van der Waals surface area (Å²) in [4.78, 5) is 22.8. The van der Waals surface area contributed by atoms with Gasteiger partial charge < -0.3 is 15.4 Å². The largest absolute Gasteiger partial charge is 0.466 e. The lowest BCUT2D eigenvalue weighted by Gasteiger charge is -2.08. The van der Waals surface area contributed by atoms with E-state index in [0.717, 1.165) is 9.26 Å². The van der Waals surface area contributed by atoms with Crippen LogP contribution in [0.3, 0.4) is 0 Å². The minimum absolute atomic E-state index is 0.0924. The average Bonchev–Trinajstić information content (AvgIpc) is 2.41. The topological polar surface area (TPSA) is 67.4 Å². The van der Waals surface area contributed by atoms with Crippen molar-refractivity contribution in [3.8, 4) is 0 Å². The van der Waals surface area contributed by atoms with Crippen LogP contribution in [0.2, 0.25) is 0 Å². The van der Waals surface area contributed by atoms with Crippen LogP contribution in [0.5, 0.6) is 0 Å². The first-order valence-corrected chi connectivity index (χ1v) is 7.62. The zero-order chi connectivity index (χ0) is 14.8. The fourth-order valence-electron chi connectivity index (χ4n) is 1.55. The molecule has 6 heteroatoms. The number of carbonyl (C=O) groups is 2. The van der Waals surface area contributed by atoms with Crippen molar-refractivity contribution in [2.75, 3.05) is 25.0 Å². The Labute approximate surface area is 132 Å². The van der Waals surface area contributed by atoms with Crippen molar-refractivity contribution < 1.29 is 14.3 Å². The molecular formula is C14H19IN2O3. The molecule has 0 aliphatic rings. The summed E-state index contributed by atoms with van der Waals surface area (Å²) in [7, 11) is 0. The van der Waals surface area contributed by atoms with Gasteiger partial charge in [0.05, 0.1) is 18.8 Å². The number of para-hydroxylation sites is 1. The summed E-state index contributed by atoms with van der Waals surface area (Å²) in [6.07, 6.45) is 1.04. The van der Waals surface area contributed by atoms with Gasteiger partial charge in [-0.05, 0) is 54.6 Å². The first kappa shape index (κ1) is 16.9. The molecule has 0 heterocycles. The van der Waals surface area contributed by atoms with Gasteiger partial charge in [0.2, 0.25) is 5.91 Å². The van der Waals surface area contributed by atoms with E-state index in [1.807, 2.05) is 24.3 Å². The van der Waals surface area contributed by atoms with Crippen molar-refractivity contribution in [1.82, 2.24) is 5.32 Å². The zero-order valence-electron chi connectivity index (χ0n) is 11.4. The normalized spacial score (nSPS) is 10.1. The summed E-state index contributed by atoms with van der Waals surface area (Å²) < 4.78 is 5.82. The Bertz CT molecular complexity index is 452. The number of anilines is 1. The highest BCUT2D eigenvalue weighted by atomic mass is 127. The van der Waals surface area contributed by atoms with E-state index in [2.05, 4.69) is 33.2 Å². The van der Waals surface area contributed by atoms with Crippen molar-refractivity contribution in [3.05, 3.63) is 27.8 Å². The minimum atomic E-state index is -0.197. The summed E-state index contributed by atoms with van der Waals surface area (Å²) >= 11 is 2.17. The molecule has 1 amide bonds. The molecule has 0 saturated heterocycles. The summed E-state index contributed by atoms with van der Waals surface area (Å²) in [6.45, 7) is 3.03. The predicted molar refractivity (Wildman–Crippen MR) is 86.5 cm³/mol. The Morgan fingerprint density at radius 1 is 1.30 bits per heavy atom. The Kier molecular flexibility index (Phi) is 8.20. The van der Waals surface area contributed by atoms with Gasteiger partial charge in [-0.2, -0.15) is 0 Å². The number of hydrogen-bond acceptors (Lipinski definition) is 4. The summed E-state index contributed by atoms with van der Waals surface area (Å²) in [5, 5.41) is 5.83. The number of halogens is 1. The van der Waals surface area contributed by atoms with Crippen LogP contribution in [0.4, 0.5) is 5.69 Å². The molecule has 0 saturated carbocycles. The van der Waals surface area contributed by atoms with Crippen LogP contribution in [-0.2, 0) is 14.3 Å². The first-order valence-electron chi connectivity index (χ1n) is 6.54. The van der Waals surface area contributed by atoms with Crippen molar-refractivity contribution in [1.29, 1.82) is 0 Å². The predicted octanol–water partition coefficient (Wildman–Crippen LogP) is 2.16. The highest BCUT2D eigenvalue weighted by Crippen LogP contribution is 2.16. The standard InChI is InChI=1S/C14H19IN2O3/c1-2-20-14(19)8-5-9-16-10-13(18)17-12-7-4-3-6-11(12)15/h3-4,6-7,16H,2,5,8-10H2,1H3,(H,17,18). The molecule has 20 heavy (non-hydrogen) atoms. The van der Waals surface area contributed by atoms with Crippen molar-refractivity contribution >= 4 is 40.2 Å². The van der Waals surface area contributed by atoms with Crippen LogP contribution in [0, 0.1) is 3.57 Å². The van der Waals surface area contributed by atoms with Crippen LogP contribution < -0.4 is 10.6 Å². The number of carbonyl (C=O) groups excluding carboxylic acids is 2. The van der Waals surface area contributed by atoms with Gasteiger partial charge in [-0.25, -0.2) is 0 Å². The SMILES string of the molecule is CCOC(=O)CCCNCC(=O)Nc1ccccc1I. The Hall–Kier alpha value is -1.15. The van der Waals surface area contributed by atoms with Gasteiger partial charge in [-0.3, -0.25) is 9.59 Å². The van der Waals surface area contributed by atoms with E-state index in [4.69, 9.17) is 4.74 Å². The lowest BCUT2D eigenvalue weighted by atomic mass is 10.3. The summed E-state index contributed by atoms with van der Waals surface area (Å²) in [5.41, 5.74) is 0.812. The highest BCUT2D eigenvalue weighted by molar-refractivity contribution is 14.1. The monoisotopic (exact) mass is 390 g/mol. The zero-order valence-corrected chi connectivity index (χ0v) is 13.6. The third-order valence-corrected chi connectivity index (χ3v) is 3.41. The number of hydrogen-bond donors (Lipinski definition) is 2. The molecular weight excluding hydrogens is 371 g/mol. The molecule has 1 aromatic rings. The Balaban J connectivity index is 2.15. The van der Waals surface area contributed by atoms with E-state index in [-0.39, 0.29) is 18.4 Å². The maximum Gasteiger partial charge on any atom is 0.305 e. The van der Waals surface area contributed by atoms with Crippen LogP contribution >= 0.6 is 22.6 Å². The van der Waals surface area contributed by atoms with E-state index < -0.39 is 0 Å². The number of benzene rings is 1. The third-order valence-electron chi connectivity index (χ3n) is 2.47. The maximum absolute atomic E-state index is 11.7. The van der Waals surface area contributed by atoms with Crippen molar-refractivity contribution in [3.63, 3.8) is 0 Å². The maximum atomic E-state index is 11.7. The molecule has 5 nitrogen and oxygen atoms in total. The minimum Gasteiger partial charge on any atom is -0.466 e. The molecule has 1 rings (SSSR count). The van der Waals surface area contributed by atoms with Crippen molar-refractivity contribution in [2.24, 2.45) is 0 Å². The number of amides is 1. The number of rotatable bonds is 8. The lowest BCUT2D eigenvalue weighted by molar-refractivity contribution is -0.143. The van der Waals surface area contributed by atoms with E-state index in [1.54, 1.807) is 6.92 Å². The molecule has 0 radical (unpaired) electrons. The van der Waals surface area contributed by atoms with Gasteiger partial charge >= 0.3 is 5.97 Å². The third kappa shape index (κ3) is 6.85. The number of nitrogens with one attached hydrogen (secondary N) is 2. The molecule has 0 atom stereocenters. The smallest absolute Gasteiger partial charge is 0.305 e. The second kappa shape index (κ2) is 9.71. The summed E-state index contributed by atoms with van der Waals surface area (Å²) in [5.74, 6) is -0.289. The average molecular weight is 390 g/mol. The van der Waals surface area contributed by atoms with Gasteiger partial charge in [0.25, 0.3) is 0 Å². The van der Waals surface area contributed by atoms with Gasteiger partial charge in [0.1, 0.15) is 0 Å². The molecule has 1 aromatic carbocycles. The Morgan fingerprint density at radius 3 is 2.75 bits per heavy atom. The quantitative estimate of drug-likeness (QED) is 0.406. The van der Waals surface area contributed by atoms with Gasteiger partial charge in [-0.1, -0.05) is 12.1 Å². The van der Waals surface area contributed by atoms with E-state index >= 15 is 0 Å². The van der Waals surface area contributed by atoms with Crippen molar-refractivity contribution in [2.45, 2.75) is 19.8 Å². The molecule has 0 aliphatic heterocycles. The van der Waals surface area contributed by atoms with Gasteiger partial charge in [-0.15, -0.1) is 0 Å².